The summed E-state index contributed by atoms with van der Waals surface area (Å²) in [7, 11) is 0. The van der Waals surface area contributed by atoms with Crippen molar-refractivity contribution in [3.8, 4) is 5.75 Å². The first kappa shape index (κ1) is 16.4. The molecular weight excluding hydrogens is 325 g/mol. The summed E-state index contributed by atoms with van der Waals surface area (Å²) in [5.41, 5.74) is 3.23. The molecule has 3 aromatic carbocycles. The molecule has 1 unspecified atom stereocenters. The van der Waals surface area contributed by atoms with Crippen LogP contribution in [0.25, 0.3) is 6.08 Å². The van der Waals surface area contributed by atoms with E-state index >= 15 is 0 Å². The van der Waals surface area contributed by atoms with Crippen LogP contribution >= 0.6 is 0 Å². The molecule has 3 heteroatoms. The van der Waals surface area contributed by atoms with Crippen molar-refractivity contribution < 1.29 is 9.13 Å². The SMILES string of the molecule is CC1(c2ccccc2)C=Cc2cc(NCc3ccccc3F)ccc2O1. The van der Waals surface area contributed by atoms with Crippen molar-refractivity contribution >= 4 is 11.8 Å². The van der Waals surface area contributed by atoms with E-state index in [2.05, 4.69) is 36.5 Å². The fraction of sp³-hybridized carbons (Fsp3) is 0.130. The number of nitrogens with one attached hydrogen (secondary N) is 1. The molecular formula is C23H20FNO. The molecule has 1 aliphatic heterocycles. The first-order valence-electron chi connectivity index (χ1n) is 8.69. The van der Waals surface area contributed by atoms with Gasteiger partial charge < -0.3 is 10.1 Å². The molecule has 0 amide bonds. The van der Waals surface area contributed by atoms with Gasteiger partial charge in [0.15, 0.2) is 0 Å². The van der Waals surface area contributed by atoms with E-state index < -0.39 is 5.60 Å². The van der Waals surface area contributed by atoms with Crippen molar-refractivity contribution in [1.82, 2.24) is 0 Å². The van der Waals surface area contributed by atoms with Crippen molar-refractivity contribution in [3.05, 3.63) is 101 Å². The Hall–Kier alpha value is -3.07. The van der Waals surface area contributed by atoms with Crippen LogP contribution in [0.1, 0.15) is 23.6 Å². The second-order valence-corrected chi connectivity index (χ2v) is 6.61. The summed E-state index contributed by atoms with van der Waals surface area (Å²) in [6.45, 7) is 2.50. The van der Waals surface area contributed by atoms with E-state index in [1.54, 1.807) is 12.1 Å². The van der Waals surface area contributed by atoms with Crippen molar-refractivity contribution in [3.63, 3.8) is 0 Å². The zero-order valence-corrected chi connectivity index (χ0v) is 14.6. The third-order valence-corrected chi connectivity index (χ3v) is 4.70. The minimum absolute atomic E-state index is 0.195. The van der Waals surface area contributed by atoms with Gasteiger partial charge in [-0.1, -0.05) is 54.6 Å². The van der Waals surface area contributed by atoms with Crippen LogP contribution in [0.4, 0.5) is 10.1 Å². The Kier molecular flexibility index (Phi) is 4.21. The second-order valence-electron chi connectivity index (χ2n) is 6.61. The first-order chi connectivity index (χ1) is 12.6. The fourth-order valence-corrected chi connectivity index (χ4v) is 3.16. The number of hydrogen-bond acceptors (Lipinski definition) is 2. The summed E-state index contributed by atoms with van der Waals surface area (Å²) >= 11 is 0. The molecule has 130 valence electrons. The van der Waals surface area contributed by atoms with Gasteiger partial charge in [-0.2, -0.15) is 0 Å². The maximum atomic E-state index is 13.7. The van der Waals surface area contributed by atoms with Gasteiger partial charge >= 0.3 is 0 Å². The van der Waals surface area contributed by atoms with E-state index in [4.69, 9.17) is 4.74 Å². The second kappa shape index (κ2) is 6.68. The van der Waals surface area contributed by atoms with E-state index in [1.165, 1.54) is 6.07 Å². The fourth-order valence-electron chi connectivity index (χ4n) is 3.16. The Balaban J connectivity index is 1.53. The Morgan fingerprint density at radius 1 is 0.962 bits per heavy atom. The van der Waals surface area contributed by atoms with Crippen LogP contribution in [0.2, 0.25) is 0 Å². The molecule has 4 rings (SSSR count). The minimum Gasteiger partial charge on any atom is -0.478 e. The van der Waals surface area contributed by atoms with Crippen LogP contribution in [0.5, 0.6) is 5.75 Å². The van der Waals surface area contributed by atoms with Crippen LogP contribution in [-0.2, 0) is 12.1 Å². The van der Waals surface area contributed by atoms with Gasteiger partial charge in [-0.25, -0.2) is 4.39 Å². The highest BCUT2D eigenvalue weighted by atomic mass is 19.1. The third kappa shape index (κ3) is 3.21. The molecule has 1 atom stereocenters. The summed E-state index contributed by atoms with van der Waals surface area (Å²) in [6, 6.07) is 22.9. The summed E-state index contributed by atoms with van der Waals surface area (Å²) < 4.78 is 20.0. The summed E-state index contributed by atoms with van der Waals surface area (Å²) in [5.74, 6) is 0.648. The minimum atomic E-state index is -0.476. The molecule has 0 aromatic heterocycles. The van der Waals surface area contributed by atoms with Crippen LogP contribution in [-0.4, -0.2) is 0 Å². The number of benzene rings is 3. The lowest BCUT2D eigenvalue weighted by Crippen LogP contribution is -2.29. The molecule has 0 fully saturated rings. The first-order valence-corrected chi connectivity index (χ1v) is 8.69. The topological polar surface area (TPSA) is 21.3 Å². The standard InChI is InChI=1S/C23H20FNO/c1-23(19-8-3-2-4-9-19)14-13-17-15-20(11-12-22(17)26-23)25-16-18-7-5-6-10-21(18)24/h2-15,25H,16H2,1H3. The lowest BCUT2D eigenvalue weighted by molar-refractivity contribution is 0.138. The molecule has 0 spiro atoms. The molecule has 1 aliphatic rings. The summed E-state index contributed by atoms with van der Waals surface area (Å²) in [4.78, 5) is 0. The molecule has 0 aliphatic carbocycles. The van der Waals surface area contributed by atoms with Crippen LogP contribution < -0.4 is 10.1 Å². The maximum absolute atomic E-state index is 13.7. The lowest BCUT2D eigenvalue weighted by Gasteiger charge is -2.32. The zero-order valence-electron chi connectivity index (χ0n) is 14.6. The van der Waals surface area contributed by atoms with Crippen molar-refractivity contribution in [2.24, 2.45) is 0 Å². The predicted octanol–water partition coefficient (Wildman–Crippen LogP) is 5.76. The highest BCUT2D eigenvalue weighted by Gasteiger charge is 2.29. The van der Waals surface area contributed by atoms with Crippen molar-refractivity contribution in [1.29, 1.82) is 0 Å². The monoisotopic (exact) mass is 345 g/mol. The van der Waals surface area contributed by atoms with Crippen LogP contribution in [0.15, 0.2) is 78.9 Å². The average molecular weight is 345 g/mol. The van der Waals surface area contributed by atoms with Gasteiger partial charge in [0.2, 0.25) is 0 Å². The average Bonchev–Trinajstić information content (AvgIpc) is 2.68. The number of ether oxygens (including phenoxy) is 1. The molecule has 2 nitrogen and oxygen atoms in total. The smallest absolute Gasteiger partial charge is 0.150 e. The van der Waals surface area contributed by atoms with Crippen LogP contribution in [0, 0.1) is 5.82 Å². The van der Waals surface area contributed by atoms with Gasteiger partial charge in [0.1, 0.15) is 17.2 Å². The molecule has 0 saturated carbocycles. The van der Waals surface area contributed by atoms with Crippen LogP contribution in [0.3, 0.4) is 0 Å². The number of hydrogen-bond donors (Lipinski definition) is 1. The maximum Gasteiger partial charge on any atom is 0.150 e. The largest absolute Gasteiger partial charge is 0.478 e. The van der Waals surface area contributed by atoms with E-state index in [1.807, 2.05) is 42.5 Å². The molecule has 3 aromatic rings. The van der Waals surface area contributed by atoms with Gasteiger partial charge in [0, 0.05) is 23.4 Å². The highest BCUT2D eigenvalue weighted by molar-refractivity contribution is 5.66. The van der Waals surface area contributed by atoms with Gasteiger partial charge in [-0.15, -0.1) is 0 Å². The lowest BCUT2D eigenvalue weighted by atomic mass is 9.92. The Morgan fingerprint density at radius 2 is 1.73 bits per heavy atom. The highest BCUT2D eigenvalue weighted by Crippen LogP contribution is 2.38. The number of fused-ring (bicyclic) bond motifs is 1. The molecule has 1 N–H and O–H groups in total. The van der Waals surface area contributed by atoms with Gasteiger partial charge in [-0.05, 0) is 42.8 Å². The third-order valence-electron chi connectivity index (χ3n) is 4.70. The van der Waals surface area contributed by atoms with E-state index in [0.717, 1.165) is 22.6 Å². The normalized spacial score (nSPS) is 18.1. The van der Waals surface area contributed by atoms with Gasteiger partial charge in [0.05, 0.1) is 0 Å². The molecule has 1 heterocycles. The van der Waals surface area contributed by atoms with Gasteiger partial charge in [-0.3, -0.25) is 0 Å². The number of anilines is 1. The van der Waals surface area contributed by atoms with E-state index in [9.17, 15) is 4.39 Å². The molecule has 0 saturated heterocycles. The molecule has 26 heavy (non-hydrogen) atoms. The molecule has 0 radical (unpaired) electrons. The van der Waals surface area contributed by atoms with Crippen molar-refractivity contribution in [2.75, 3.05) is 5.32 Å². The zero-order chi connectivity index (χ0) is 18.0. The quantitative estimate of drug-likeness (QED) is 0.649. The summed E-state index contributed by atoms with van der Waals surface area (Å²) in [6.07, 6.45) is 4.16. The van der Waals surface area contributed by atoms with E-state index in [0.29, 0.717) is 12.1 Å². The predicted molar refractivity (Wildman–Crippen MR) is 104 cm³/mol. The Labute approximate surface area is 153 Å². The Bertz CT molecular complexity index is 951. The van der Waals surface area contributed by atoms with Gasteiger partial charge in [0.25, 0.3) is 0 Å². The number of halogens is 1. The molecule has 0 bridgehead atoms. The Morgan fingerprint density at radius 3 is 2.54 bits per heavy atom. The van der Waals surface area contributed by atoms with E-state index in [-0.39, 0.29) is 5.82 Å². The number of rotatable bonds is 4. The summed E-state index contributed by atoms with van der Waals surface area (Å²) in [5, 5.41) is 3.27. The van der Waals surface area contributed by atoms with Crippen molar-refractivity contribution in [2.45, 2.75) is 19.1 Å².